The van der Waals surface area contributed by atoms with E-state index in [-0.39, 0.29) is 11.7 Å². The summed E-state index contributed by atoms with van der Waals surface area (Å²) in [6, 6.07) is 0.329. The number of amides is 1. The van der Waals surface area contributed by atoms with Gasteiger partial charge in [0.05, 0.1) is 0 Å². The summed E-state index contributed by atoms with van der Waals surface area (Å²) in [6.07, 6.45) is 7.15. The molecule has 3 nitrogen and oxygen atoms in total. The average Bonchev–Trinajstić information content (AvgIpc) is 2.60. The first-order valence-corrected chi connectivity index (χ1v) is 6.87. The molecule has 2 unspecified atom stereocenters. The van der Waals surface area contributed by atoms with Crippen LogP contribution in [0.2, 0.25) is 0 Å². The number of ketones is 1. The number of hydrogen-bond donors (Lipinski definition) is 0. The standard InChI is InChI=1S/C11H17NO2S/c1-15-9-4-2-3-8(7-9)12-6-5-10(13)11(12)14/h8-9H,2-7H2,1H3. The first-order chi connectivity index (χ1) is 7.22. The molecule has 1 heterocycles. The Kier molecular flexibility index (Phi) is 3.34. The Hall–Kier alpha value is -0.510. The van der Waals surface area contributed by atoms with Crippen LogP contribution in [0.4, 0.5) is 0 Å². The van der Waals surface area contributed by atoms with E-state index in [0.717, 1.165) is 12.8 Å². The third-order valence-corrected chi connectivity index (χ3v) is 4.55. The smallest absolute Gasteiger partial charge is 0.290 e. The maximum absolute atomic E-state index is 11.6. The molecule has 0 spiro atoms. The Morgan fingerprint density at radius 1 is 1.33 bits per heavy atom. The molecule has 1 aliphatic heterocycles. The summed E-state index contributed by atoms with van der Waals surface area (Å²) in [4.78, 5) is 24.6. The summed E-state index contributed by atoms with van der Waals surface area (Å²) in [5.41, 5.74) is 0. The van der Waals surface area contributed by atoms with E-state index in [9.17, 15) is 9.59 Å². The number of likely N-dealkylation sites (tertiary alicyclic amines) is 1. The highest BCUT2D eigenvalue weighted by Gasteiger charge is 2.36. The molecule has 1 aliphatic carbocycles. The molecule has 4 heteroatoms. The van der Waals surface area contributed by atoms with E-state index in [0.29, 0.717) is 24.3 Å². The second-order valence-electron chi connectivity index (χ2n) is 4.35. The first kappa shape index (κ1) is 11.0. The molecule has 0 aromatic carbocycles. The molecule has 0 N–H and O–H groups in total. The van der Waals surface area contributed by atoms with Gasteiger partial charge >= 0.3 is 0 Å². The third-order valence-electron chi connectivity index (χ3n) is 3.45. The summed E-state index contributed by atoms with van der Waals surface area (Å²) in [7, 11) is 0. The quantitative estimate of drug-likeness (QED) is 0.670. The predicted molar refractivity (Wildman–Crippen MR) is 60.9 cm³/mol. The summed E-state index contributed by atoms with van der Waals surface area (Å²) in [5, 5.41) is 0.673. The van der Waals surface area contributed by atoms with Crippen LogP contribution < -0.4 is 0 Å². The van der Waals surface area contributed by atoms with Gasteiger partial charge in [0.25, 0.3) is 5.91 Å². The van der Waals surface area contributed by atoms with Crippen LogP contribution in [0.15, 0.2) is 0 Å². The van der Waals surface area contributed by atoms with E-state index in [1.54, 1.807) is 0 Å². The molecule has 2 fully saturated rings. The van der Waals surface area contributed by atoms with E-state index in [4.69, 9.17) is 0 Å². The molecule has 1 saturated carbocycles. The van der Waals surface area contributed by atoms with Gasteiger partial charge in [-0.1, -0.05) is 6.42 Å². The molecule has 1 saturated heterocycles. The molecule has 0 aromatic rings. The minimum absolute atomic E-state index is 0.193. The Morgan fingerprint density at radius 2 is 2.13 bits per heavy atom. The van der Waals surface area contributed by atoms with Crippen LogP contribution in [-0.2, 0) is 9.59 Å². The van der Waals surface area contributed by atoms with E-state index < -0.39 is 0 Å². The molecule has 15 heavy (non-hydrogen) atoms. The van der Waals surface area contributed by atoms with Crippen molar-refractivity contribution in [3.63, 3.8) is 0 Å². The molecule has 1 amide bonds. The molecule has 0 aromatic heterocycles. The van der Waals surface area contributed by atoms with Gasteiger partial charge in [0.1, 0.15) is 0 Å². The van der Waals surface area contributed by atoms with E-state index in [2.05, 4.69) is 6.26 Å². The highest BCUT2D eigenvalue weighted by Crippen LogP contribution is 2.31. The van der Waals surface area contributed by atoms with Gasteiger partial charge in [0.2, 0.25) is 5.78 Å². The summed E-state index contributed by atoms with van der Waals surface area (Å²) in [6.45, 7) is 0.656. The molecule has 2 atom stereocenters. The molecule has 0 bridgehead atoms. The highest BCUT2D eigenvalue weighted by atomic mass is 32.2. The van der Waals surface area contributed by atoms with Gasteiger partial charge in [-0.05, 0) is 25.5 Å². The van der Waals surface area contributed by atoms with Crippen LogP contribution >= 0.6 is 11.8 Å². The van der Waals surface area contributed by atoms with Gasteiger partial charge < -0.3 is 4.90 Å². The van der Waals surface area contributed by atoms with Crippen LogP contribution in [0.3, 0.4) is 0 Å². The van der Waals surface area contributed by atoms with Crippen LogP contribution in [-0.4, -0.2) is 40.7 Å². The number of thioether (sulfide) groups is 1. The molecular formula is C11H17NO2S. The van der Waals surface area contributed by atoms with Gasteiger partial charge in [-0.25, -0.2) is 0 Å². The number of nitrogens with zero attached hydrogens (tertiary/aromatic N) is 1. The lowest BCUT2D eigenvalue weighted by Crippen LogP contribution is -2.41. The molecule has 2 rings (SSSR count). The lowest BCUT2D eigenvalue weighted by atomic mass is 9.94. The fourth-order valence-electron chi connectivity index (χ4n) is 2.56. The minimum Gasteiger partial charge on any atom is -0.333 e. The van der Waals surface area contributed by atoms with Crippen LogP contribution in [0.25, 0.3) is 0 Å². The summed E-state index contributed by atoms with van der Waals surface area (Å²) < 4.78 is 0. The van der Waals surface area contributed by atoms with Gasteiger partial charge in [0, 0.05) is 24.3 Å². The van der Waals surface area contributed by atoms with Gasteiger partial charge in [0.15, 0.2) is 0 Å². The van der Waals surface area contributed by atoms with Crippen molar-refractivity contribution >= 4 is 23.5 Å². The topological polar surface area (TPSA) is 37.4 Å². The van der Waals surface area contributed by atoms with Gasteiger partial charge in [-0.2, -0.15) is 11.8 Å². The lowest BCUT2D eigenvalue weighted by Gasteiger charge is -2.34. The maximum Gasteiger partial charge on any atom is 0.290 e. The largest absolute Gasteiger partial charge is 0.333 e. The zero-order chi connectivity index (χ0) is 10.8. The minimum atomic E-state index is -0.234. The van der Waals surface area contributed by atoms with Crippen molar-refractivity contribution < 1.29 is 9.59 Å². The summed E-state index contributed by atoms with van der Waals surface area (Å²) in [5.74, 6) is -0.428. The molecule has 2 aliphatic rings. The highest BCUT2D eigenvalue weighted by molar-refractivity contribution is 7.99. The number of carbonyl (C=O) groups excluding carboxylic acids is 2. The van der Waals surface area contributed by atoms with Gasteiger partial charge in [-0.15, -0.1) is 0 Å². The number of carbonyl (C=O) groups is 2. The zero-order valence-electron chi connectivity index (χ0n) is 9.07. The fraction of sp³-hybridized carbons (Fsp3) is 0.818. The van der Waals surface area contributed by atoms with E-state index >= 15 is 0 Å². The second kappa shape index (κ2) is 4.56. The summed E-state index contributed by atoms with van der Waals surface area (Å²) >= 11 is 1.89. The van der Waals surface area contributed by atoms with Crippen molar-refractivity contribution in [1.29, 1.82) is 0 Å². The normalized spacial score (nSPS) is 32.5. The molecule has 84 valence electrons. The SMILES string of the molecule is CSC1CCCC(N2CCC(=O)C2=O)C1. The Balaban J connectivity index is 1.98. The van der Waals surface area contributed by atoms with Crippen molar-refractivity contribution in [2.24, 2.45) is 0 Å². The monoisotopic (exact) mass is 227 g/mol. The first-order valence-electron chi connectivity index (χ1n) is 5.59. The van der Waals surface area contributed by atoms with Crippen molar-refractivity contribution in [2.75, 3.05) is 12.8 Å². The average molecular weight is 227 g/mol. The Labute approximate surface area is 94.6 Å². The van der Waals surface area contributed by atoms with Crippen LogP contribution in [0, 0.1) is 0 Å². The van der Waals surface area contributed by atoms with Crippen molar-refractivity contribution in [2.45, 2.75) is 43.4 Å². The zero-order valence-corrected chi connectivity index (χ0v) is 9.89. The van der Waals surface area contributed by atoms with E-state index in [1.807, 2.05) is 16.7 Å². The Morgan fingerprint density at radius 3 is 2.73 bits per heavy atom. The van der Waals surface area contributed by atoms with Crippen molar-refractivity contribution in [3.05, 3.63) is 0 Å². The van der Waals surface area contributed by atoms with Crippen LogP contribution in [0.1, 0.15) is 32.1 Å². The third kappa shape index (κ3) is 2.19. The maximum atomic E-state index is 11.6. The number of rotatable bonds is 2. The predicted octanol–water partition coefficient (Wildman–Crippen LogP) is 1.46. The number of Topliss-reactive ketones (excluding diaryl/α,β-unsaturated/α-hetero) is 1. The fourth-order valence-corrected chi connectivity index (χ4v) is 3.37. The van der Waals surface area contributed by atoms with Crippen LogP contribution in [0.5, 0.6) is 0 Å². The van der Waals surface area contributed by atoms with E-state index in [1.165, 1.54) is 12.8 Å². The molecule has 0 radical (unpaired) electrons. The number of hydrogen-bond acceptors (Lipinski definition) is 3. The molecular weight excluding hydrogens is 210 g/mol. The lowest BCUT2D eigenvalue weighted by molar-refractivity contribution is -0.141. The van der Waals surface area contributed by atoms with Crippen molar-refractivity contribution in [3.8, 4) is 0 Å². The van der Waals surface area contributed by atoms with Crippen molar-refractivity contribution in [1.82, 2.24) is 4.90 Å². The Bertz CT molecular complexity index is 280. The second-order valence-corrected chi connectivity index (χ2v) is 5.49. The van der Waals surface area contributed by atoms with Gasteiger partial charge in [-0.3, -0.25) is 9.59 Å².